The van der Waals surface area contributed by atoms with Gasteiger partial charge >= 0.3 is 0 Å². The molecule has 0 saturated heterocycles. The maximum Gasteiger partial charge on any atom is 0.229 e. The van der Waals surface area contributed by atoms with Gasteiger partial charge in [-0.25, -0.2) is 9.97 Å². The van der Waals surface area contributed by atoms with Crippen LogP contribution in [0.25, 0.3) is 72.7 Å². The zero-order valence-corrected chi connectivity index (χ0v) is 21.6. The van der Waals surface area contributed by atoms with Crippen LogP contribution < -0.4 is 0 Å². The molecule has 0 aliphatic carbocycles. The summed E-state index contributed by atoms with van der Waals surface area (Å²) in [6, 6.07) is 33.1. The van der Waals surface area contributed by atoms with Gasteiger partial charge in [0.25, 0.3) is 0 Å². The fourth-order valence-electron chi connectivity index (χ4n) is 5.41. The van der Waals surface area contributed by atoms with Crippen molar-refractivity contribution < 1.29 is 0 Å². The van der Waals surface area contributed by atoms with Crippen LogP contribution in [0.1, 0.15) is 5.56 Å². The number of pyridine rings is 1. The molecule has 0 spiro atoms. The topological polar surface area (TPSA) is 88.1 Å². The molecule has 7 heteroatoms. The predicted molar refractivity (Wildman–Crippen MR) is 159 cm³/mol. The highest BCUT2D eigenvalue weighted by atomic mass is 15.4. The van der Waals surface area contributed by atoms with Gasteiger partial charge in [0.15, 0.2) is 5.82 Å². The summed E-state index contributed by atoms with van der Waals surface area (Å²) in [5.41, 5.74) is 11.1. The summed E-state index contributed by atoms with van der Waals surface area (Å²) in [4.78, 5) is 21.1. The number of H-pyrrole nitrogens is 2. The molecule has 4 heterocycles. The Morgan fingerprint density at radius 1 is 0.675 bits per heavy atom. The van der Waals surface area contributed by atoms with Crippen molar-refractivity contribution in [3.8, 4) is 39.7 Å². The molecule has 0 bridgehead atoms. The minimum absolute atomic E-state index is 0.652. The second-order valence-corrected chi connectivity index (χ2v) is 9.95. The van der Waals surface area contributed by atoms with Gasteiger partial charge in [-0.3, -0.25) is 4.98 Å². The number of nitrogens with zero attached hydrogens (tertiary/aromatic N) is 5. The van der Waals surface area contributed by atoms with Gasteiger partial charge < -0.3 is 9.97 Å². The SMILES string of the molecule is Cc1cc2[nH]c(-c3nn(-c4nc5cc(-c6cccnc6)ccc5[nH]4)c4ccccc34)nc2cc1-c1ccccc1. The molecule has 0 atom stereocenters. The van der Waals surface area contributed by atoms with E-state index in [4.69, 9.17) is 15.1 Å². The monoisotopic (exact) mass is 517 g/mol. The van der Waals surface area contributed by atoms with Crippen molar-refractivity contribution in [1.29, 1.82) is 0 Å². The summed E-state index contributed by atoms with van der Waals surface area (Å²) in [5.74, 6) is 1.38. The number of rotatable bonds is 4. The van der Waals surface area contributed by atoms with Crippen LogP contribution in [-0.4, -0.2) is 34.7 Å². The van der Waals surface area contributed by atoms with Crippen LogP contribution >= 0.6 is 0 Å². The van der Waals surface area contributed by atoms with Gasteiger partial charge in [0.2, 0.25) is 5.95 Å². The summed E-state index contributed by atoms with van der Waals surface area (Å²) in [6.07, 6.45) is 3.64. The number of aromatic amines is 2. The third-order valence-corrected chi connectivity index (χ3v) is 7.39. The summed E-state index contributed by atoms with van der Waals surface area (Å²) in [7, 11) is 0. The molecule has 0 saturated carbocycles. The number of aromatic nitrogens is 7. The maximum atomic E-state index is 5.02. The van der Waals surface area contributed by atoms with Gasteiger partial charge in [0, 0.05) is 23.3 Å². The number of aryl methyl sites for hydroxylation is 1. The smallest absolute Gasteiger partial charge is 0.229 e. The van der Waals surface area contributed by atoms with Crippen molar-refractivity contribution in [1.82, 2.24) is 34.7 Å². The van der Waals surface area contributed by atoms with Crippen LogP contribution in [0.3, 0.4) is 0 Å². The van der Waals surface area contributed by atoms with E-state index in [1.54, 1.807) is 6.20 Å². The Morgan fingerprint density at radius 3 is 2.38 bits per heavy atom. The highest BCUT2D eigenvalue weighted by Crippen LogP contribution is 2.33. The Morgan fingerprint density at radius 2 is 1.50 bits per heavy atom. The van der Waals surface area contributed by atoms with Crippen LogP contribution in [-0.2, 0) is 0 Å². The van der Waals surface area contributed by atoms with Gasteiger partial charge in [-0.05, 0) is 65.6 Å². The zero-order chi connectivity index (χ0) is 26.6. The van der Waals surface area contributed by atoms with Crippen molar-refractivity contribution in [2.24, 2.45) is 0 Å². The second kappa shape index (κ2) is 8.74. The van der Waals surface area contributed by atoms with Crippen LogP contribution in [0, 0.1) is 6.92 Å². The molecule has 4 aromatic heterocycles. The van der Waals surface area contributed by atoms with Crippen molar-refractivity contribution in [2.45, 2.75) is 6.92 Å². The molecule has 8 rings (SSSR count). The molecule has 190 valence electrons. The molecule has 40 heavy (non-hydrogen) atoms. The Kier molecular flexibility index (Phi) is 4.90. The molecule has 0 aliphatic heterocycles. The Labute approximate surface area is 229 Å². The molecular weight excluding hydrogens is 494 g/mol. The molecule has 2 N–H and O–H groups in total. The van der Waals surface area contributed by atoms with E-state index >= 15 is 0 Å². The summed E-state index contributed by atoms with van der Waals surface area (Å²) in [6.45, 7) is 2.13. The largest absolute Gasteiger partial charge is 0.337 e. The van der Waals surface area contributed by atoms with Gasteiger partial charge in [0.05, 0.1) is 27.6 Å². The summed E-state index contributed by atoms with van der Waals surface area (Å²) < 4.78 is 1.86. The molecule has 0 amide bonds. The van der Waals surface area contributed by atoms with Gasteiger partial charge in [0.1, 0.15) is 5.69 Å². The van der Waals surface area contributed by atoms with E-state index in [0.717, 1.165) is 55.6 Å². The Bertz CT molecular complexity index is 2170. The molecule has 0 radical (unpaired) electrons. The quantitative estimate of drug-likeness (QED) is 0.253. The third kappa shape index (κ3) is 3.60. The molecule has 7 nitrogen and oxygen atoms in total. The van der Waals surface area contributed by atoms with Crippen LogP contribution in [0.4, 0.5) is 0 Å². The minimum atomic E-state index is 0.652. The molecular formula is C33H23N7. The lowest BCUT2D eigenvalue weighted by Gasteiger charge is -2.05. The standard InChI is InChI=1S/C33H23N7/c1-20-16-27-29(18-25(20)21-8-3-2-4-9-21)36-32(35-27)31-24-11-5-6-12-30(24)40(39-31)33-37-26-14-13-22(17-28(26)38-33)23-10-7-15-34-19-23/h2-19H,1H3,(H,35,36)(H,37,38). The average molecular weight is 518 g/mol. The molecule has 0 fully saturated rings. The third-order valence-electron chi connectivity index (χ3n) is 7.39. The fraction of sp³-hybridized carbons (Fsp3) is 0.0303. The number of fused-ring (bicyclic) bond motifs is 3. The van der Waals surface area contributed by atoms with E-state index in [0.29, 0.717) is 5.95 Å². The number of nitrogens with one attached hydrogen (secondary N) is 2. The van der Waals surface area contributed by atoms with Gasteiger partial charge in [-0.2, -0.15) is 9.78 Å². The number of para-hydroxylation sites is 1. The van der Waals surface area contributed by atoms with Gasteiger partial charge in [-0.1, -0.05) is 60.7 Å². The Hall–Kier alpha value is -5.56. The van der Waals surface area contributed by atoms with Crippen molar-refractivity contribution >= 4 is 33.0 Å². The van der Waals surface area contributed by atoms with E-state index in [1.807, 2.05) is 47.3 Å². The maximum absolute atomic E-state index is 5.02. The lowest BCUT2D eigenvalue weighted by molar-refractivity contribution is 0.857. The number of hydrogen-bond donors (Lipinski definition) is 2. The van der Waals surface area contributed by atoms with Crippen LogP contribution in [0.15, 0.2) is 109 Å². The van der Waals surface area contributed by atoms with Gasteiger partial charge in [-0.15, -0.1) is 0 Å². The van der Waals surface area contributed by atoms with E-state index < -0.39 is 0 Å². The van der Waals surface area contributed by atoms with Crippen LogP contribution in [0.2, 0.25) is 0 Å². The summed E-state index contributed by atoms with van der Waals surface area (Å²) in [5, 5.41) is 6.02. The fourth-order valence-corrected chi connectivity index (χ4v) is 5.41. The number of imidazole rings is 2. The second-order valence-electron chi connectivity index (χ2n) is 9.95. The Balaban J connectivity index is 1.25. The first-order valence-corrected chi connectivity index (χ1v) is 13.2. The van der Waals surface area contributed by atoms with E-state index in [2.05, 4.69) is 82.5 Å². The zero-order valence-electron chi connectivity index (χ0n) is 21.6. The highest BCUT2D eigenvalue weighted by Gasteiger charge is 2.19. The van der Waals surface area contributed by atoms with Crippen molar-refractivity contribution in [3.05, 3.63) is 115 Å². The minimum Gasteiger partial charge on any atom is -0.337 e. The van der Waals surface area contributed by atoms with E-state index in [9.17, 15) is 0 Å². The van der Waals surface area contributed by atoms with Crippen molar-refractivity contribution in [2.75, 3.05) is 0 Å². The number of hydrogen-bond acceptors (Lipinski definition) is 4. The summed E-state index contributed by atoms with van der Waals surface area (Å²) >= 11 is 0. The normalized spacial score (nSPS) is 11.6. The molecule has 8 aromatic rings. The van der Waals surface area contributed by atoms with Crippen LogP contribution in [0.5, 0.6) is 0 Å². The molecule has 4 aromatic carbocycles. The average Bonchev–Trinajstić information content (AvgIpc) is 3.71. The lowest BCUT2D eigenvalue weighted by atomic mass is 10.00. The lowest BCUT2D eigenvalue weighted by Crippen LogP contribution is -1.98. The predicted octanol–water partition coefficient (Wildman–Crippen LogP) is 7.48. The van der Waals surface area contributed by atoms with Crippen molar-refractivity contribution in [3.63, 3.8) is 0 Å². The molecule has 0 aliphatic rings. The molecule has 0 unspecified atom stereocenters. The van der Waals surface area contributed by atoms with E-state index in [1.165, 1.54) is 16.7 Å². The number of benzene rings is 4. The first kappa shape index (κ1) is 22.4. The van der Waals surface area contributed by atoms with E-state index in [-0.39, 0.29) is 0 Å². The first-order valence-electron chi connectivity index (χ1n) is 13.2. The first-order chi connectivity index (χ1) is 19.7. The highest BCUT2D eigenvalue weighted by molar-refractivity contribution is 5.95.